The number of pyridine rings is 1. The second kappa shape index (κ2) is 8.61. The van der Waals surface area contributed by atoms with Crippen molar-refractivity contribution in [2.75, 3.05) is 19.1 Å². The van der Waals surface area contributed by atoms with E-state index in [1.807, 2.05) is 0 Å². The van der Waals surface area contributed by atoms with E-state index >= 15 is 0 Å². The summed E-state index contributed by atoms with van der Waals surface area (Å²) in [6, 6.07) is 2.85. The summed E-state index contributed by atoms with van der Waals surface area (Å²) in [5.41, 5.74) is -3.30. The number of aromatic nitrogens is 1. The Labute approximate surface area is 193 Å². The molecule has 1 aromatic carbocycles. The number of benzene rings is 1. The first kappa shape index (κ1) is 24.1. The lowest BCUT2D eigenvalue weighted by Crippen LogP contribution is -2.67. The molecular weight excluding hydrogens is 473 g/mol. The Morgan fingerprint density at radius 1 is 1.26 bits per heavy atom. The molecule has 1 fully saturated rings. The summed E-state index contributed by atoms with van der Waals surface area (Å²) in [4.78, 5) is 59.3. The van der Waals surface area contributed by atoms with Gasteiger partial charge in [0.2, 0.25) is 5.43 Å². The number of fused-ring (bicyclic) bond motifs is 1. The number of rotatable bonds is 4. The van der Waals surface area contributed by atoms with Crippen LogP contribution in [-0.2, 0) is 6.54 Å². The van der Waals surface area contributed by atoms with Crippen LogP contribution < -0.4 is 15.8 Å². The fourth-order valence-electron chi connectivity index (χ4n) is 4.66. The molecule has 1 aliphatic carbocycles. The second-order valence-electron chi connectivity index (χ2n) is 8.42. The van der Waals surface area contributed by atoms with Gasteiger partial charge >= 0.3 is 0 Å². The average molecular weight is 496 g/mol. The Balaban J connectivity index is 1.69. The summed E-state index contributed by atoms with van der Waals surface area (Å²) in [5, 5.41) is 14.5. The highest BCUT2D eigenvalue weighted by Gasteiger charge is 2.53. The van der Waals surface area contributed by atoms with Crippen molar-refractivity contribution in [2.24, 2.45) is 0 Å². The normalized spacial score (nSPS) is 22.0. The molecule has 1 spiro atoms. The van der Waals surface area contributed by atoms with Crippen molar-refractivity contribution in [2.45, 2.75) is 37.1 Å². The maximum Gasteiger partial charge on any atom is 0.278 e. The summed E-state index contributed by atoms with van der Waals surface area (Å²) in [7, 11) is 0.883. The van der Waals surface area contributed by atoms with Crippen LogP contribution in [-0.4, -0.2) is 61.7 Å². The Kier molecular flexibility index (Phi) is 6.09. The summed E-state index contributed by atoms with van der Waals surface area (Å²) in [6.07, 6.45) is 2.20. The summed E-state index contributed by atoms with van der Waals surface area (Å²) >= 11 is 0. The first-order valence-electron chi connectivity index (χ1n) is 10.4. The van der Waals surface area contributed by atoms with Crippen molar-refractivity contribution < 1.29 is 33.3 Å². The molecule has 0 saturated heterocycles. The third-order valence-electron chi connectivity index (χ3n) is 6.69. The number of carbonyl (C=O) groups is 2. The molecule has 0 radical (unpaired) electrons. The molecule has 4 N–H and O–H groups in total. The molecule has 2 atom stereocenters. The zero-order chi connectivity index (χ0) is 24.9. The van der Waals surface area contributed by atoms with Crippen molar-refractivity contribution in [1.29, 1.82) is 0 Å². The zero-order valence-electron chi connectivity index (χ0n) is 18.3. The molecule has 13 heteroatoms. The molecule has 182 valence electrons. The van der Waals surface area contributed by atoms with Crippen molar-refractivity contribution in [3.05, 3.63) is 63.1 Å². The fraction of sp³-hybridized carbons (Fsp3) is 0.381. The molecular formula is C21H23F2N4O6P. The third kappa shape index (κ3) is 3.71. The van der Waals surface area contributed by atoms with Crippen molar-refractivity contribution in [1.82, 2.24) is 14.9 Å². The summed E-state index contributed by atoms with van der Waals surface area (Å²) in [6.45, 7) is -0.341. The molecule has 34 heavy (non-hydrogen) atoms. The maximum absolute atomic E-state index is 13.9. The summed E-state index contributed by atoms with van der Waals surface area (Å²) < 4.78 is 28.2. The Morgan fingerprint density at radius 2 is 1.97 bits per heavy atom. The van der Waals surface area contributed by atoms with E-state index in [0.29, 0.717) is 18.9 Å². The molecule has 2 aromatic rings. The van der Waals surface area contributed by atoms with Crippen LogP contribution in [0.3, 0.4) is 0 Å². The molecule has 1 aromatic heterocycles. The molecule has 2 amide bonds. The van der Waals surface area contributed by atoms with Gasteiger partial charge in [-0.1, -0.05) is 6.07 Å². The minimum Gasteiger partial charge on any atom is -0.502 e. The van der Waals surface area contributed by atoms with E-state index in [9.17, 15) is 38.1 Å². The van der Waals surface area contributed by atoms with E-state index in [1.165, 1.54) is 16.6 Å². The van der Waals surface area contributed by atoms with Crippen LogP contribution in [0.4, 0.5) is 8.78 Å². The number of halogens is 2. The molecule has 2 heterocycles. The second-order valence-corrected chi connectivity index (χ2v) is 9.79. The van der Waals surface area contributed by atoms with Crippen molar-refractivity contribution >= 4 is 20.2 Å². The first-order valence-corrected chi connectivity index (χ1v) is 11.7. The average Bonchev–Trinajstić information content (AvgIpc) is 3.24. The summed E-state index contributed by atoms with van der Waals surface area (Å²) in [5.74, 6) is -4.15. The highest BCUT2D eigenvalue weighted by Crippen LogP contribution is 2.50. The van der Waals surface area contributed by atoms with Crippen LogP contribution in [0.15, 0.2) is 29.2 Å². The van der Waals surface area contributed by atoms with Crippen LogP contribution in [0.25, 0.3) is 0 Å². The topological polar surface area (TPSA) is 135 Å². The van der Waals surface area contributed by atoms with Gasteiger partial charge in [-0.05, 0) is 18.9 Å². The standard InChI is InChI=1S/C21H23F2N4O6P/c1-25-20(31)16-18(29)17(28)14(19(30)24-9-11-3-4-12(22)7-15(11)23)10-27(16)26(2)21(25)6-5-13(8-21)34(32)33/h3-4,7,10,13,29,32-33H,5-6,8-9H2,1-2H3,(H,24,30)/t13-,21?/m0/s1. The number of carbonyl (C=O) groups excluding carboxylic acids is 2. The van der Waals surface area contributed by atoms with Gasteiger partial charge in [-0.3, -0.25) is 24.1 Å². The highest BCUT2D eigenvalue weighted by atomic mass is 31.2. The van der Waals surface area contributed by atoms with Gasteiger partial charge in [-0.15, -0.1) is 0 Å². The Morgan fingerprint density at radius 3 is 2.59 bits per heavy atom. The van der Waals surface area contributed by atoms with Gasteiger partial charge in [-0.25, -0.2) is 8.78 Å². The van der Waals surface area contributed by atoms with Gasteiger partial charge < -0.3 is 25.1 Å². The van der Waals surface area contributed by atoms with Gasteiger partial charge in [0.1, 0.15) is 22.9 Å². The highest BCUT2D eigenvalue weighted by molar-refractivity contribution is 7.45. The van der Waals surface area contributed by atoms with E-state index in [4.69, 9.17) is 0 Å². The monoisotopic (exact) mass is 496 g/mol. The lowest BCUT2D eigenvalue weighted by atomic mass is 10.0. The quantitative estimate of drug-likeness (QED) is 0.463. The number of hydrogen-bond donors (Lipinski definition) is 4. The molecule has 1 saturated carbocycles. The largest absolute Gasteiger partial charge is 0.502 e. The lowest BCUT2D eigenvalue weighted by molar-refractivity contribution is 0.0403. The van der Waals surface area contributed by atoms with Gasteiger partial charge in [-0.2, -0.15) is 0 Å². The smallest absolute Gasteiger partial charge is 0.278 e. The fourth-order valence-corrected chi connectivity index (χ4v) is 5.48. The van der Waals surface area contributed by atoms with Crippen LogP contribution in [0.5, 0.6) is 5.75 Å². The van der Waals surface area contributed by atoms with Crippen LogP contribution in [0.1, 0.15) is 45.7 Å². The Hall–Kier alpha value is -3.08. The number of hydrogen-bond acceptors (Lipinski definition) is 7. The number of nitrogens with zero attached hydrogens (tertiary/aromatic N) is 3. The van der Waals surface area contributed by atoms with Gasteiger partial charge in [0.15, 0.2) is 19.8 Å². The predicted molar refractivity (Wildman–Crippen MR) is 118 cm³/mol. The van der Waals surface area contributed by atoms with E-state index in [0.717, 1.165) is 18.3 Å². The van der Waals surface area contributed by atoms with Crippen molar-refractivity contribution in [3.8, 4) is 5.75 Å². The molecule has 0 bridgehead atoms. The van der Waals surface area contributed by atoms with E-state index in [2.05, 4.69) is 5.32 Å². The number of aromatic hydroxyl groups is 1. The van der Waals surface area contributed by atoms with Crippen LogP contribution >= 0.6 is 8.38 Å². The van der Waals surface area contributed by atoms with Crippen molar-refractivity contribution in [3.63, 3.8) is 0 Å². The number of nitrogens with one attached hydrogen (secondary N) is 1. The SMILES string of the molecule is CN1C(=O)c2c(O)c(=O)c(C(=O)NCc3ccc(F)cc3F)cn2N(C)C12CC[C@H](P(O)O)C2. The van der Waals surface area contributed by atoms with E-state index in [1.54, 1.807) is 12.1 Å². The predicted octanol–water partition coefficient (Wildman–Crippen LogP) is 0.961. The van der Waals surface area contributed by atoms with Gasteiger partial charge in [0.25, 0.3) is 11.8 Å². The van der Waals surface area contributed by atoms with E-state index < -0.39 is 59.9 Å². The molecule has 4 rings (SSSR count). The number of amides is 2. The minimum atomic E-state index is -2.22. The third-order valence-corrected chi connectivity index (χ3v) is 7.78. The van der Waals surface area contributed by atoms with E-state index in [-0.39, 0.29) is 24.2 Å². The minimum absolute atomic E-state index is 0.00795. The molecule has 1 unspecified atom stereocenters. The molecule has 2 aliphatic rings. The van der Waals surface area contributed by atoms with Crippen LogP contribution in [0, 0.1) is 11.6 Å². The lowest BCUT2D eigenvalue weighted by Gasteiger charge is -2.51. The van der Waals surface area contributed by atoms with Gasteiger partial charge in [0, 0.05) is 50.5 Å². The molecule has 1 aliphatic heterocycles. The molecule has 10 nitrogen and oxygen atoms in total. The van der Waals surface area contributed by atoms with Crippen LogP contribution in [0.2, 0.25) is 0 Å². The first-order chi connectivity index (χ1) is 16.0. The Bertz CT molecular complexity index is 1240. The maximum atomic E-state index is 13.9. The van der Waals surface area contributed by atoms with Gasteiger partial charge in [0.05, 0.1) is 0 Å². The zero-order valence-corrected chi connectivity index (χ0v) is 19.2.